The second-order valence-electron chi connectivity index (χ2n) is 7.25. The molecule has 2 aromatic rings. The van der Waals surface area contributed by atoms with Gasteiger partial charge in [0.25, 0.3) is 5.91 Å². The van der Waals surface area contributed by atoms with Crippen molar-refractivity contribution in [1.82, 2.24) is 15.1 Å². The Morgan fingerprint density at radius 1 is 1.21 bits per heavy atom. The van der Waals surface area contributed by atoms with E-state index in [0.717, 1.165) is 24.9 Å². The van der Waals surface area contributed by atoms with Crippen LogP contribution in [0.15, 0.2) is 36.5 Å². The van der Waals surface area contributed by atoms with Gasteiger partial charge in [0.2, 0.25) is 5.69 Å². The van der Waals surface area contributed by atoms with Crippen molar-refractivity contribution in [2.45, 2.75) is 51.7 Å². The summed E-state index contributed by atoms with van der Waals surface area (Å²) in [5.41, 5.74) is 0.828. The normalized spacial score (nSPS) is 20.2. The second-order valence-corrected chi connectivity index (χ2v) is 7.25. The van der Waals surface area contributed by atoms with E-state index in [1.165, 1.54) is 13.5 Å². The molecule has 0 unspecified atom stereocenters. The van der Waals surface area contributed by atoms with Gasteiger partial charge in [-0.25, -0.2) is 9.48 Å². The van der Waals surface area contributed by atoms with Crippen molar-refractivity contribution in [3.05, 3.63) is 42.2 Å². The zero-order valence-electron chi connectivity index (χ0n) is 16.6. The minimum atomic E-state index is -0.909. The van der Waals surface area contributed by atoms with Crippen LogP contribution in [0.1, 0.15) is 50.0 Å². The van der Waals surface area contributed by atoms with E-state index >= 15 is 0 Å². The summed E-state index contributed by atoms with van der Waals surface area (Å²) in [7, 11) is 1.46. The number of aromatic nitrogens is 2. The number of methoxy groups -OCH3 is 1. The summed E-state index contributed by atoms with van der Waals surface area (Å²) >= 11 is 0. The predicted octanol–water partition coefficient (Wildman–Crippen LogP) is 3.12. The van der Waals surface area contributed by atoms with Crippen LogP contribution in [0.25, 0.3) is 5.69 Å². The van der Waals surface area contributed by atoms with Crippen LogP contribution >= 0.6 is 0 Å². The minimum absolute atomic E-state index is 0.0389. The third kappa shape index (κ3) is 4.52. The van der Waals surface area contributed by atoms with E-state index in [4.69, 9.17) is 9.47 Å². The molecule has 1 aliphatic carbocycles. The van der Waals surface area contributed by atoms with Gasteiger partial charge in [0.05, 0.1) is 19.0 Å². The van der Waals surface area contributed by atoms with Crippen molar-refractivity contribution in [2.75, 3.05) is 7.11 Å². The van der Waals surface area contributed by atoms with Crippen molar-refractivity contribution in [3.63, 3.8) is 0 Å². The van der Waals surface area contributed by atoms with Crippen LogP contribution in [0, 0.1) is 5.92 Å². The Morgan fingerprint density at radius 3 is 2.61 bits per heavy atom. The summed E-state index contributed by atoms with van der Waals surface area (Å²) < 4.78 is 12.2. The van der Waals surface area contributed by atoms with E-state index in [1.807, 2.05) is 30.3 Å². The molecule has 0 radical (unpaired) electrons. The first-order valence-electron chi connectivity index (χ1n) is 9.70. The van der Waals surface area contributed by atoms with Crippen LogP contribution in [0.2, 0.25) is 0 Å². The van der Waals surface area contributed by atoms with E-state index in [0.29, 0.717) is 11.7 Å². The molecular formula is C21H27N3O4. The lowest BCUT2D eigenvalue weighted by molar-refractivity contribution is -0.130. The minimum Gasteiger partial charge on any atom is -0.493 e. The van der Waals surface area contributed by atoms with Gasteiger partial charge in [0, 0.05) is 6.04 Å². The Kier molecular flexibility index (Phi) is 6.34. The third-order valence-corrected chi connectivity index (χ3v) is 5.21. The summed E-state index contributed by atoms with van der Waals surface area (Å²) in [5, 5.41) is 7.29. The van der Waals surface area contributed by atoms with Crippen molar-refractivity contribution >= 4 is 11.9 Å². The van der Waals surface area contributed by atoms with E-state index in [2.05, 4.69) is 17.3 Å². The summed E-state index contributed by atoms with van der Waals surface area (Å²) in [6.07, 6.45) is 5.07. The molecule has 0 saturated heterocycles. The molecule has 3 rings (SSSR count). The lowest BCUT2D eigenvalue weighted by Gasteiger charge is -2.30. The number of hydrogen-bond donors (Lipinski definition) is 1. The van der Waals surface area contributed by atoms with Crippen molar-refractivity contribution < 1.29 is 19.1 Å². The third-order valence-electron chi connectivity index (χ3n) is 5.21. The average molecular weight is 385 g/mol. The molecule has 0 spiro atoms. The number of benzene rings is 1. The standard InChI is InChI=1S/C21H27N3O4/c1-14-9-7-8-12-17(14)22-20(25)15(2)28-21(26)19-18(27-3)13-24(23-19)16-10-5-4-6-11-16/h4-6,10-11,13-15,17H,7-9,12H2,1-3H3,(H,22,25)/t14-,15+,17-/m0/s1. The molecule has 7 nitrogen and oxygen atoms in total. The number of carbonyl (C=O) groups is 2. The highest BCUT2D eigenvalue weighted by Crippen LogP contribution is 2.24. The SMILES string of the molecule is COc1cn(-c2ccccc2)nc1C(=O)O[C@H](C)C(=O)N[C@H]1CCCC[C@@H]1C. The number of ether oxygens (including phenoxy) is 2. The van der Waals surface area contributed by atoms with E-state index in [-0.39, 0.29) is 17.6 Å². The maximum absolute atomic E-state index is 12.6. The lowest BCUT2D eigenvalue weighted by atomic mass is 9.86. The highest BCUT2D eigenvalue weighted by Gasteiger charge is 2.28. The Morgan fingerprint density at radius 2 is 1.93 bits per heavy atom. The summed E-state index contributed by atoms with van der Waals surface area (Å²) in [6, 6.07) is 9.51. The largest absolute Gasteiger partial charge is 0.493 e. The molecule has 1 aromatic carbocycles. The molecule has 150 valence electrons. The number of para-hydroxylation sites is 1. The molecule has 1 amide bonds. The van der Waals surface area contributed by atoms with Crippen LogP contribution < -0.4 is 10.1 Å². The quantitative estimate of drug-likeness (QED) is 0.773. The lowest BCUT2D eigenvalue weighted by Crippen LogP contribution is -2.46. The van der Waals surface area contributed by atoms with Gasteiger partial charge in [-0.3, -0.25) is 4.79 Å². The summed E-state index contributed by atoms with van der Waals surface area (Å²) in [4.78, 5) is 25.0. The van der Waals surface area contributed by atoms with Crippen LogP contribution in [0.4, 0.5) is 0 Å². The van der Waals surface area contributed by atoms with Gasteiger partial charge in [-0.15, -0.1) is 0 Å². The summed E-state index contributed by atoms with van der Waals surface area (Å²) in [6.45, 7) is 3.71. The maximum atomic E-state index is 12.6. The molecule has 0 bridgehead atoms. The van der Waals surface area contributed by atoms with Crippen LogP contribution in [-0.2, 0) is 9.53 Å². The fourth-order valence-corrected chi connectivity index (χ4v) is 3.46. The maximum Gasteiger partial charge on any atom is 0.363 e. The monoisotopic (exact) mass is 385 g/mol. The molecule has 3 atom stereocenters. The zero-order valence-corrected chi connectivity index (χ0v) is 16.6. The molecule has 7 heteroatoms. The van der Waals surface area contributed by atoms with E-state index < -0.39 is 12.1 Å². The molecule has 1 aliphatic rings. The van der Waals surface area contributed by atoms with Crippen molar-refractivity contribution in [3.8, 4) is 11.4 Å². The molecule has 1 saturated carbocycles. The van der Waals surface area contributed by atoms with Gasteiger partial charge in [0.15, 0.2) is 11.9 Å². The fraction of sp³-hybridized carbons (Fsp3) is 0.476. The molecule has 1 N–H and O–H groups in total. The number of esters is 1. The van der Waals surface area contributed by atoms with E-state index in [1.54, 1.807) is 17.8 Å². The first kappa shape index (κ1) is 19.9. The first-order valence-corrected chi connectivity index (χ1v) is 9.70. The van der Waals surface area contributed by atoms with Crippen LogP contribution in [0.3, 0.4) is 0 Å². The highest BCUT2D eigenvalue weighted by atomic mass is 16.6. The zero-order chi connectivity index (χ0) is 20.1. The summed E-state index contributed by atoms with van der Waals surface area (Å²) in [5.74, 6) is -0.246. The fourth-order valence-electron chi connectivity index (χ4n) is 3.46. The number of rotatable bonds is 6. The molecule has 1 fully saturated rings. The van der Waals surface area contributed by atoms with Gasteiger partial charge in [-0.05, 0) is 37.8 Å². The Balaban J connectivity index is 1.66. The van der Waals surface area contributed by atoms with E-state index in [9.17, 15) is 9.59 Å². The molecule has 0 aliphatic heterocycles. The van der Waals surface area contributed by atoms with Crippen LogP contribution in [0.5, 0.6) is 5.75 Å². The van der Waals surface area contributed by atoms with Gasteiger partial charge >= 0.3 is 5.97 Å². The Labute approximate surface area is 165 Å². The number of hydrogen-bond acceptors (Lipinski definition) is 5. The second kappa shape index (κ2) is 8.91. The number of carbonyl (C=O) groups excluding carboxylic acids is 2. The van der Waals surface area contributed by atoms with Crippen molar-refractivity contribution in [2.24, 2.45) is 5.92 Å². The smallest absolute Gasteiger partial charge is 0.363 e. The van der Waals surface area contributed by atoms with Gasteiger partial charge in [-0.2, -0.15) is 5.10 Å². The first-order chi connectivity index (χ1) is 13.5. The van der Waals surface area contributed by atoms with Gasteiger partial charge in [-0.1, -0.05) is 38.0 Å². The predicted molar refractivity (Wildman–Crippen MR) is 105 cm³/mol. The number of amides is 1. The van der Waals surface area contributed by atoms with Gasteiger partial charge in [0.1, 0.15) is 0 Å². The molecule has 28 heavy (non-hydrogen) atoms. The van der Waals surface area contributed by atoms with Crippen LogP contribution in [-0.4, -0.2) is 40.9 Å². The highest BCUT2D eigenvalue weighted by molar-refractivity contribution is 5.93. The van der Waals surface area contributed by atoms with Crippen molar-refractivity contribution in [1.29, 1.82) is 0 Å². The Bertz CT molecular complexity index is 818. The molecule has 1 heterocycles. The average Bonchev–Trinajstić information content (AvgIpc) is 3.15. The molecule has 1 aromatic heterocycles. The molecular weight excluding hydrogens is 358 g/mol. The Hall–Kier alpha value is -2.83. The number of nitrogens with zero attached hydrogens (tertiary/aromatic N) is 2. The topological polar surface area (TPSA) is 82.5 Å². The number of nitrogens with one attached hydrogen (secondary N) is 1. The van der Waals surface area contributed by atoms with Gasteiger partial charge < -0.3 is 14.8 Å².